The van der Waals surface area contributed by atoms with E-state index in [2.05, 4.69) is 4.98 Å². The van der Waals surface area contributed by atoms with Crippen LogP contribution in [-0.2, 0) is 14.8 Å². The van der Waals surface area contributed by atoms with Crippen LogP contribution in [0.1, 0.15) is 13.3 Å². The lowest BCUT2D eigenvalue weighted by Gasteiger charge is -2.22. The van der Waals surface area contributed by atoms with Gasteiger partial charge in [-0.3, -0.25) is 4.79 Å². The zero-order valence-electron chi connectivity index (χ0n) is 10.2. The molecule has 1 N–H and O–H groups in total. The highest BCUT2D eigenvalue weighted by Crippen LogP contribution is 2.32. The van der Waals surface area contributed by atoms with Crippen LogP contribution in [0.3, 0.4) is 0 Å². The second kappa shape index (κ2) is 5.07. The van der Waals surface area contributed by atoms with Gasteiger partial charge < -0.3 is 5.11 Å². The number of nitrogens with zero attached hydrogens (tertiary/aromatic N) is 2. The average molecular weight is 305 g/mol. The van der Waals surface area contributed by atoms with Gasteiger partial charge in [-0.05, 0) is 25.5 Å². The van der Waals surface area contributed by atoms with E-state index in [9.17, 15) is 13.2 Å². The van der Waals surface area contributed by atoms with E-state index in [-0.39, 0.29) is 16.6 Å². The lowest BCUT2D eigenvalue weighted by molar-refractivity contribution is -0.142. The molecule has 0 saturated carbocycles. The summed E-state index contributed by atoms with van der Waals surface area (Å²) >= 11 is 5.80. The van der Waals surface area contributed by atoms with Crippen molar-refractivity contribution < 1.29 is 18.3 Å². The first-order valence-corrected chi connectivity index (χ1v) is 7.52. The molecule has 1 aliphatic rings. The molecule has 0 aromatic carbocycles. The zero-order chi connectivity index (χ0) is 14.2. The van der Waals surface area contributed by atoms with E-state index >= 15 is 0 Å². The molecule has 104 valence electrons. The Kier molecular flexibility index (Phi) is 3.80. The molecule has 0 amide bonds. The Morgan fingerprint density at radius 1 is 1.58 bits per heavy atom. The third kappa shape index (κ3) is 2.45. The first kappa shape index (κ1) is 14.2. The van der Waals surface area contributed by atoms with Crippen LogP contribution >= 0.6 is 11.6 Å². The quantitative estimate of drug-likeness (QED) is 0.848. The summed E-state index contributed by atoms with van der Waals surface area (Å²) in [6, 6.07) is 2.25. The molecule has 1 saturated heterocycles. The molecule has 2 heterocycles. The van der Waals surface area contributed by atoms with E-state index in [1.807, 2.05) is 0 Å². The minimum atomic E-state index is -3.81. The van der Waals surface area contributed by atoms with E-state index < -0.39 is 28.0 Å². The van der Waals surface area contributed by atoms with Crippen LogP contribution in [0.5, 0.6) is 0 Å². The zero-order valence-corrected chi connectivity index (χ0v) is 11.7. The Morgan fingerprint density at radius 2 is 2.26 bits per heavy atom. The Hall–Kier alpha value is -1.18. The van der Waals surface area contributed by atoms with Crippen molar-refractivity contribution in [3.05, 3.63) is 23.5 Å². The number of rotatable bonds is 3. The van der Waals surface area contributed by atoms with Gasteiger partial charge in [-0.15, -0.1) is 0 Å². The van der Waals surface area contributed by atoms with Crippen molar-refractivity contribution in [2.45, 2.75) is 24.3 Å². The van der Waals surface area contributed by atoms with E-state index in [1.54, 1.807) is 6.92 Å². The van der Waals surface area contributed by atoms with Crippen LogP contribution in [0.25, 0.3) is 0 Å². The molecular formula is C11H13ClN2O4S. The van der Waals surface area contributed by atoms with E-state index in [0.29, 0.717) is 6.42 Å². The van der Waals surface area contributed by atoms with Crippen LogP contribution in [0.4, 0.5) is 0 Å². The summed E-state index contributed by atoms with van der Waals surface area (Å²) in [6.07, 6.45) is 1.70. The van der Waals surface area contributed by atoms with E-state index in [0.717, 1.165) is 0 Å². The molecule has 1 aliphatic heterocycles. The van der Waals surface area contributed by atoms with Crippen LogP contribution < -0.4 is 0 Å². The van der Waals surface area contributed by atoms with Gasteiger partial charge in [-0.25, -0.2) is 13.4 Å². The number of hydrogen-bond donors (Lipinski definition) is 1. The standard InChI is InChI=1S/C11H13ClN2O4S/c1-7-8(11(15)16)4-6-14(7)19(17,18)9-3-2-5-13-10(9)12/h2-3,5,7-8H,4,6H2,1H3,(H,15,16). The van der Waals surface area contributed by atoms with Gasteiger partial charge in [0.2, 0.25) is 10.0 Å². The highest BCUT2D eigenvalue weighted by atomic mass is 35.5. The van der Waals surface area contributed by atoms with Crippen LogP contribution in [0, 0.1) is 5.92 Å². The number of halogens is 1. The summed E-state index contributed by atoms with van der Waals surface area (Å²) in [5.41, 5.74) is 0. The number of aromatic nitrogens is 1. The molecule has 0 radical (unpaired) electrons. The van der Waals surface area contributed by atoms with Crippen molar-refractivity contribution in [3.63, 3.8) is 0 Å². The number of carboxylic acid groups (broad SMARTS) is 1. The molecule has 1 aromatic heterocycles. The molecule has 0 aliphatic carbocycles. The summed E-state index contributed by atoms with van der Waals surface area (Å²) in [6.45, 7) is 1.76. The number of pyridine rings is 1. The molecule has 2 atom stereocenters. The maximum Gasteiger partial charge on any atom is 0.308 e. The van der Waals surface area contributed by atoms with Gasteiger partial charge in [0.25, 0.3) is 0 Å². The number of aliphatic carboxylic acids is 1. The smallest absolute Gasteiger partial charge is 0.308 e. The molecule has 1 aromatic rings. The predicted octanol–water partition coefficient (Wildman–Crippen LogP) is 1.22. The van der Waals surface area contributed by atoms with Crippen molar-refractivity contribution in [2.75, 3.05) is 6.54 Å². The number of sulfonamides is 1. The maximum atomic E-state index is 12.4. The predicted molar refractivity (Wildman–Crippen MR) is 68.3 cm³/mol. The van der Waals surface area contributed by atoms with Crippen molar-refractivity contribution >= 4 is 27.6 Å². The topological polar surface area (TPSA) is 87.6 Å². The van der Waals surface area contributed by atoms with Gasteiger partial charge >= 0.3 is 5.97 Å². The van der Waals surface area contributed by atoms with Crippen molar-refractivity contribution in [3.8, 4) is 0 Å². The average Bonchev–Trinajstić information content (AvgIpc) is 2.72. The highest BCUT2D eigenvalue weighted by Gasteiger charge is 2.42. The molecule has 2 rings (SSSR count). The minimum Gasteiger partial charge on any atom is -0.481 e. The fourth-order valence-electron chi connectivity index (χ4n) is 2.27. The SMILES string of the molecule is CC1C(C(=O)O)CCN1S(=O)(=O)c1cccnc1Cl. The summed E-state index contributed by atoms with van der Waals surface area (Å²) in [5, 5.41) is 8.93. The Labute approximate surface area is 116 Å². The molecule has 1 fully saturated rings. The Balaban J connectivity index is 2.37. The van der Waals surface area contributed by atoms with Crippen LogP contribution in [-0.4, -0.2) is 41.4 Å². The van der Waals surface area contributed by atoms with Gasteiger partial charge in [-0.2, -0.15) is 4.31 Å². The first-order chi connectivity index (χ1) is 8.85. The molecule has 0 bridgehead atoms. The molecule has 8 heteroatoms. The van der Waals surface area contributed by atoms with Crippen LogP contribution in [0.2, 0.25) is 5.15 Å². The fraction of sp³-hybridized carbons (Fsp3) is 0.455. The lowest BCUT2D eigenvalue weighted by atomic mass is 10.0. The van der Waals surface area contributed by atoms with Gasteiger partial charge in [0.1, 0.15) is 10.0 Å². The van der Waals surface area contributed by atoms with Crippen molar-refractivity contribution in [1.29, 1.82) is 0 Å². The number of carbonyl (C=O) groups is 1. The summed E-state index contributed by atoms with van der Waals surface area (Å²) in [5.74, 6) is -1.67. The Morgan fingerprint density at radius 3 is 2.79 bits per heavy atom. The van der Waals surface area contributed by atoms with Gasteiger partial charge in [0, 0.05) is 18.8 Å². The summed E-state index contributed by atoms with van der Waals surface area (Å²) in [7, 11) is -3.81. The number of hydrogen-bond acceptors (Lipinski definition) is 4. The van der Waals surface area contributed by atoms with E-state index in [4.69, 9.17) is 16.7 Å². The molecule has 2 unspecified atom stereocenters. The molecular weight excluding hydrogens is 292 g/mol. The molecule has 19 heavy (non-hydrogen) atoms. The molecule has 6 nitrogen and oxygen atoms in total. The second-order valence-electron chi connectivity index (χ2n) is 4.38. The number of carboxylic acids is 1. The van der Waals surface area contributed by atoms with E-state index in [1.165, 1.54) is 22.6 Å². The minimum absolute atomic E-state index is 0.0884. The fourth-order valence-corrected chi connectivity index (χ4v) is 4.38. The third-order valence-corrected chi connectivity index (χ3v) is 5.76. The van der Waals surface area contributed by atoms with Crippen LogP contribution in [0.15, 0.2) is 23.2 Å². The third-order valence-electron chi connectivity index (χ3n) is 3.33. The lowest BCUT2D eigenvalue weighted by Crippen LogP contribution is -2.37. The summed E-state index contributed by atoms with van der Waals surface area (Å²) in [4.78, 5) is 14.7. The van der Waals surface area contributed by atoms with Crippen molar-refractivity contribution in [1.82, 2.24) is 9.29 Å². The van der Waals surface area contributed by atoms with Crippen molar-refractivity contribution in [2.24, 2.45) is 5.92 Å². The maximum absolute atomic E-state index is 12.4. The summed E-state index contributed by atoms with van der Waals surface area (Å²) < 4.78 is 26.1. The molecule has 0 spiro atoms. The van der Waals surface area contributed by atoms with Gasteiger partial charge in [0.05, 0.1) is 5.92 Å². The monoisotopic (exact) mass is 304 g/mol. The van der Waals surface area contributed by atoms with Gasteiger partial charge in [0.15, 0.2) is 0 Å². The second-order valence-corrected chi connectivity index (χ2v) is 6.60. The largest absolute Gasteiger partial charge is 0.481 e. The normalized spacial score (nSPS) is 24.5. The first-order valence-electron chi connectivity index (χ1n) is 5.71. The van der Waals surface area contributed by atoms with Gasteiger partial charge in [-0.1, -0.05) is 11.6 Å². The Bertz CT molecular complexity index is 604. The highest BCUT2D eigenvalue weighted by molar-refractivity contribution is 7.89.